The van der Waals surface area contributed by atoms with Crippen LogP contribution in [0.1, 0.15) is 33.8 Å². The molecule has 0 aliphatic rings. The number of thiophene rings is 1. The van der Waals surface area contributed by atoms with Gasteiger partial charge in [0.2, 0.25) is 0 Å². The molecule has 0 amide bonds. The fourth-order valence-corrected chi connectivity index (χ4v) is 2.06. The van der Waals surface area contributed by atoms with E-state index in [9.17, 15) is 9.59 Å². The lowest BCUT2D eigenvalue weighted by Gasteiger charge is -1.93. The fraction of sp³-hybridized carbons (Fsp3) is 0.333. The molecule has 0 spiro atoms. The molecular weight excluding hydrogens is 256 g/mol. The zero-order valence-electron chi connectivity index (χ0n) is 9.10. The lowest BCUT2D eigenvalue weighted by molar-refractivity contribution is -0.136. The largest absolute Gasteiger partial charge is 0.481 e. The molecule has 0 saturated heterocycles. The van der Waals surface area contributed by atoms with Gasteiger partial charge >= 0.3 is 5.97 Å². The maximum Gasteiger partial charge on any atom is 0.303 e. The summed E-state index contributed by atoms with van der Waals surface area (Å²) in [5.41, 5.74) is 0. The Labute approximate surface area is 109 Å². The minimum Gasteiger partial charge on any atom is -0.481 e. The summed E-state index contributed by atoms with van der Waals surface area (Å²) in [7, 11) is 0. The Morgan fingerprint density at radius 1 is 1.35 bits per heavy atom. The van der Waals surface area contributed by atoms with Gasteiger partial charge in [-0.15, -0.1) is 11.3 Å². The van der Waals surface area contributed by atoms with E-state index < -0.39 is 5.97 Å². The summed E-state index contributed by atoms with van der Waals surface area (Å²) < 4.78 is 0. The van der Waals surface area contributed by atoms with E-state index in [-0.39, 0.29) is 18.6 Å². The van der Waals surface area contributed by atoms with E-state index in [0.29, 0.717) is 17.1 Å². The Hall–Kier alpha value is -1.25. The van der Waals surface area contributed by atoms with Gasteiger partial charge in [-0.3, -0.25) is 9.59 Å². The van der Waals surface area contributed by atoms with E-state index in [1.807, 2.05) is 0 Å². The molecule has 0 aliphatic carbocycles. The van der Waals surface area contributed by atoms with Crippen LogP contribution in [0.15, 0.2) is 12.1 Å². The van der Waals surface area contributed by atoms with Gasteiger partial charge in [0.05, 0.1) is 16.2 Å². The zero-order chi connectivity index (χ0) is 12.7. The van der Waals surface area contributed by atoms with Crippen molar-refractivity contribution in [2.75, 3.05) is 5.75 Å². The van der Waals surface area contributed by atoms with E-state index >= 15 is 0 Å². The monoisotopic (exact) mass is 268 g/mol. The van der Waals surface area contributed by atoms with E-state index in [4.69, 9.17) is 5.11 Å². The van der Waals surface area contributed by atoms with Gasteiger partial charge in [0.25, 0.3) is 0 Å². The number of carboxylic acids is 1. The van der Waals surface area contributed by atoms with Gasteiger partial charge in [0, 0.05) is 18.6 Å². The van der Waals surface area contributed by atoms with Crippen LogP contribution in [0.5, 0.6) is 0 Å². The average Bonchev–Trinajstić information content (AvgIpc) is 2.75. The number of ketones is 1. The van der Waals surface area contributed by atoms with Crippen LogP contribution in [0.4, 0.5) is 0 Å². The Kier molecular flexibility index (Phi) is 5.81. The molecule has 3 nitrogen and oxygen atoms in total. The minimum absolute atomic E-state index is 0.0410. The minimum atomic E-state index is -0.955. The van der Waals surface area contributed by atoms with Gasteiger partial charge in [-0.25, -0.2) is 0 Å². The predicted molar refractivity (Wildman–Crippen MR) is 70.9 cm³/mol. The number of rotatable bonds is 5. The molecule has 0 aromatic carbocycles. The maximum atomic E-state index is 11.6. The molecule has 1 aromatic rings. The van der Waals surface area contributed by atoms with Crippen molar-refractivity contribution in [1.29, 1.82) is 0 Å². The van der Waals surface area contributed by atoms with Gasteiger partial charge in [-0.05, 0) is 12.1 Å². The highest BCUT2D eigenvalue weighted by atomic mass is 32.1. The molecule has 1 N–H and O–H groups in total. The highest BCUT2D eigenvalue weighted by Gasteiger charge is 2.10. The van der Waals surface area contributed by atoms with Crippen LogP contribution in [0, 0.1) is 11.8 Å². The third kappa shape index (κ3) is 5.07. The third-order valence-corrected chi connectivity index (χ3v) is 3.16. The summed E-state index contributed by atoms with van der Waals surface area (Å²) in [5, 5.41) is 8.48. The second-order valence-corrected chi connectivity index (χ2v) is 4.79. The maximum absolute atomic E-state index is 11.6. The molecule has 0 unspecified atom stereocenters. The molecule has 1 heterocycles. The first-order valence-corrected chi connectivity index (χ1v) is 6.53. The smallest absolute Gasteiger partial charge is 0.303 e. The summed E-state index contributed by atoms with van der Waals surface area (Å²) in [6, 6.07) is 3.48. The SMILES string of the molecule is O=C(O)CCC(=O)c1ccc(C#CCCS)s1. The van der Waals surface area contributed by atoms with Crippen LogP contribution in [-0.4, -0.2) is 22.6 Å². The second-order valence-electron chi connectivity index (χ2n) is 3.26. The molecule has 1 rings (SSSR count). The predicted octanol–water partition coefficient (Wildman–Crippen LogP) is 2.47. The van der Waals surface area contributed by atoms with Crippen molar-refractivity contribution in [3.8, 4) is 11.8 Å². The van der Waals surface area contributed by atoms with E-state index in [2.05, 4.69) is 24.5 Å². The van der Waals surface area contributed by atoms with E-state index in [1.54, 1.807) is 12.1 Å². The standard InChI is InChI=1S/C12H12O3S2/c13-10(5-7-12(14)15)11-6-4-9(17-11)3-1-2-8-16/h4,6,16H,2,5,7-8H2,(H,14,15). The second kappa shape index (κ2) is 7.15. The number of hydrogen-bond acceptors (Lipinski definition) is 4. The normalized spacial score (nSPS) is 9.47. The number of hydrogen-bond donors (Lipinski definition) is 2. The van der Waals surface area contributed by atoms with Crippen molar-refractivity contribution >= 4 is 35.7 Å². The molecule has 0 atom stereocenters. The summed E-state index contributed by atoms with van der Waals surface area (Å²) in [6.07, 6.45) is 0.625. The summed E-state index contributed by atoms with van der Waals surface area (Å²) in [4.78, 5) is 23.3. The molecular formula is C12H12O3S2. The Bertz CT molecular complexity index is 466. The Morgan fingerprint density at radius 2 is 2.12 bits per heavy atom. The first kappa shape index (κ1) is 13.8. The number of Topliss-reactive ketones (excluding diaryl/α,β-unsaturated/α-hetero) is 1. The lowest BCUT2D eigenvalue weighted by Crippen LogP contribution is -2.01. The lowest BCUT2D eigenvalue weighted by atomic mass is 10.2. The van der Waals surface area contributed by atoms with Gasteiger partial charge < -0.3 is 5.11 Å². The molecule has 5 heteroatoms. The number of carbonyl (C=O) groups is 2. The molecule has 0 saturated carbocycles. The quantitative estimate of drug-likeness (QED) is 0.490. The molecule has 17 heavy (non-hydrogen) atoms. The number of carboxylic acid groups (broad SMARTS) is 1. The average molecular weight is 268 g/mol. The van der Waals surface area contributed by atoms with Crippen molar-refractivity contribution in [2.24, 2.45) is 0 Å². The molecule has 0 bridgehead atoms. The number of carbonyl (C=O) groups excluding carboxylic acids is 1. The van der Waals surface area contributed by atoms with Crippen LogP contribution in [-0.2, 0) is 4.79 Å². The fourth-order valence-electron chi connectivity index (χ4n) is 1.10. The van der Waals surface area contributed by atoms with E-state index in [1.165, 1.54) is 11.3 Å². The molecule has 1 aromatic heterocycles. The van der Waals surface area contributed by atoms with Crippen molar-refractivity contribution in [3.63, 3.8) is 0 Å². The highest BCUT2D eigenvalue weighted by molar-refractivity contribution is 7.80. The highest BCUT2D eigenvalue weighted by Crippen LogP contribution is 2.17. The van der Waals surface area contributed by atoms with Crippen LogP contribution in [0.2, 0.25) is 0 Å². The van der Waals surface area contributed by atoms with Gasteiger partial charge in [-0.1, -0.05) is 11.8 Å². The zero-order valence-corrected chi connectivity index (χ0v) is 10.8. The van der Waals surface area contributed by atoms with Crippen LogP contribution in [0.25, 0.3) is 0 Å². The summed E-state index contributed by atoms with van der Waals surface area (Å²) >= 11 is 5.35. The van der Waals surface area contributed by atoms with Gasteiger partial charge in [0.1, 0.15) is 0 Å². The van der Waals surface area contributed by atoms with Crippen molar-refractivity contribution < 1.29 is 14.7 Å². The topological polar surface area (TPSA) is 54.4 Å². The molecule has 0 fully saturated rings. The van der Waals surface area contributed by atoms with Crippen molar-refractivity contribution in [2.45, 2.75) is 19.3 Å². The van der Waals surface area contributed by atoms with Gasteiger partial charge in [-0.2, -0.15) is 12.6 Å². The van der Waals surface area contributed by atoms with Crippen LogP contribution in [0.3, 0.4) is 0 Å². The number of thiol groups is 1. The Morgan fingerprint density at radius 3 is 2.76 bits per heavy atom. The first-order valence-electron chi connectivity index (χ1n) is 5.08. The Balaban J connectivity index is 2.59. The molecule has 0 aliphatic heterocycles. The summed E-state index contributed by atoms with van der Waals surface area (Å²) in [6.45, 7) is 0. The van der Waals surface area contributed by atoms with Crippen LogP contribution < -0.4 is 0 Å². The van der Waals surface area contributed by atoms with Crippen molar-refractivity contribution in [1.82, 2.24) is 0 Å². The van der Waals surface area contributed by atoms with E-state index in [0.717, 1.165) is 4.88 Å². The van der Waals surface area contributed by atoms with Gasteiger partial charge in [0.15, 0.2) is 5.78 Å². The number of aliphatic carboxylic acids is 1. The van der Waals surface area contributed by atoms with Crippen molar-refractivity contribution in [3.05, 3.63) is 21.9 Å². The third-order valence-electron chi connectivity index (χ3n) is 1.90. The molecule has 0 radical (unpaired) electrons. The van der Waals surface area contributed by atoms with Crippen LogP contribution >= 0.6 is 24.0 Å². The summed E-state index contributed by atoms with van der Waals surface area (Å²) in [5.74, 6) is 5.49. The first-order chi connectivity index (χ1) is 8.13. The molecule has 90 valence electrons.